The molecule has 0 amide bonds. The van der Waals surface area contributed by atoms with Gasteiger partial charge in [0.1, 0.15) is 5.75 Å². The van der Waals surface area contributed by atoms with Crippen molar-refractivity contribution in [1.29, 1.82) is 0 Å². The second-order valence-electron chi connectivity index (χ2n) is 9.41. The number of halogens is 2. The lowest BCUT2D eigenvalue weighted by Crippen LogP contribution is -2.25. The molecule has 11 heteroatoms. The maximum absolute atomic E-state index is 13.3. The molecule has 0 unspecified atom stereocenters. The standard InChI is InChI=1S/C30H28F2N2O6S/c1-18-7-5-9-23(15-18)33-41(37,38)26-10-6-8-22(17-26)29(36)39-21(4)28(35)27-16-19(2)34(20(27)3)24-11-13-25(14-12-24)40-30(31)32/h5-17,21,30,33H,1-4H3/t21-/m0/s1. The van der Waals surface area contributed by atoms with E-state index in [0.717, 1.165) is 5.56 Å². The molecule has 4 rings (SSSR count). The normalized spacial score (nSPS) is 12.2. The third-order valence-electron chi connectivity index (χ3n) is 6.32. The van der Waals surface area contributed by atoms with Crippen LogP contribution in [0.2, 0.25) is 0 Å². The lowest BCUT2D eigenvalue weighted by molar-refractivity contribution is -0.0498. The van der Waals surface area contributed by atoms with E-state index in [1.165, 1.54) is 43.3 Å². The monoisotopic (exact) mass is 582 g/mol. The minimum absolute atomic E-state index is 0.00543. The van der Waals surface area contributed by atoms with Gasteiger partial charge >= 0.3 is 12.6 Å². The minimum Gasteiger partial charge on any atom is -0.451 e. The van der Waals surface area contributed by atoms with Crippen LogP contribution in [0.5, 0.6) is 5.75 Å². The first kappa shape index (κ1) is 29.5. The highest BCUT2D eigenvalue weighted by atomic mass is 32.2. The van der Waals surface area contributed by atoms with Crippen molar-refractivity contribution in [3.05, 3.63) is 107 Å². The highest BCUT2D eigenvalue weighted by molar-refractivity contribution is 7.92. The van der Waals surface area contributed by atoms with Crippen molar-refractivity contribution in [3.63, 3.8) is 0 Å². The molecule has 1 aromatic heterocycles. The molecule has 0 aliphatic carbocycles. The third-order valence-corrected chi connectivity index (χ3v) is 7.70. The third kappa shape index (κ3) is 6.80. The summed E-state index contributed by atoms with van der Waals surface area (Å²) < 4.78 is 64.8. The summed E-state index contributed by atoms with van der Waals surface area (Å²) in [5, 5.41) is 0. The molecule has 0 saturated carbocycles. The maximum atomic E-state index is 13.3. The van der Waals surface area contributed by atoms with E-state index in [1.54, 1.807) is 54.8 Å². The molecular formula is C30H28F2N2O6S. The Hall–Kier alpha value is -4.51. The van der Waals surface area contributed by atoms with E-state index >= 15 is 0 Å². The molecule has 0 saturated heterocycles. The van der Waals surface area contributed by atoms with Crippen molar-refractivity contribution >= 4 is 27.5 Å². The summed E-state index contributed by atoms with van der Waals surface area (Å²) >= 11 is 0. The number of sulfonamides is 1. The van der Waals surface area contributed by atoms with E-state index in [-0.39, 0.29) is 16.2 Å². The smallest absolute Gasteiger partial charge is 0.387 e. The van der Waals surface area contributed by atoms with Gasteiger partial charge in [-0.2, -0.15) is 8.78 Å². The van der Waals surface area contributed by atoms with Crippen LogP contribution in [0.15, 0.2) is 83.8 Å². The number of nitrogens with one attached hydrogen (secondary N) is 1. The number of alkyl halides is 2. The molecule has 1 heterocycles. The van der Waals surface area contributed by atoms with Gasteiger partial charge in [-0.25, -0.2) is 13.2 Å². The number of hydrogen-bond donors (Lipinski definition) is 1. The summed E-state index contributed by atoms with van der Waals surface area (Å²) in [4.78, 5) is 26.0. The highest BCUT2D eigenvalue weighted by Gasteiger charge is 2.26. The SMILES string of the molecule is Cc1cccc(NS(=O)(=O)c2cccc(C(=O)O[C@@H](C)C(=O)c3cc(C)n(-c4ccc(OC(F)F)cc4)c3C)c2)c1. The summed E-state index contributed by atoms with van der Waals surface area (Å²) in [5.74, 6) is -1.31. The molecule has 1 N–H and O–H groups in total. The number of benzene rings is 3. The predicted molar refractivity (Wildman–Crippen MR) is 150 cm³/mol. The van der Waals surface area contributed by atoms with Crippen molar-refractivity contribution in [2.75, 3.05) is 4.72 Å². The molecule has 4 aromatic rings. The lowest BCUT2D eigenvalue weighted by atomic mass is 10.1. The van der Waals surface area contributed by atoms with Crippen LogP contribution >= 0.6 is 0 Å². The van der Waals surface area contributed by atoms with Gasteiger partial charge in [-0.05, 0) is 93.9 Å². The zero-order valence-electron chi connectivity index (χ0n) is 22.7. The molecular weight excluding hydrogens is 554 g/mol. The molecule has 214 valence electrons. The Morgan fingerprint density at radius 2 is 1.59 bits per heavy atom. The second kappa shape index (κ2) is 11.9. The maximum Gasteiger partial charge on any atom is 0.387 e. The molecule has 0 radical (unpaired) electrons. The van der Waals surface area contributed by atoms with Gasteiger partial charge in [0, 0.05) is 28.3 Å². The van der Waals surface area contributed by atoms with Crippen LogP contribution in [-0.4, -0.2) is 37.5 Å². The molecule has 0 fully saturated rings. The van der Waals surface area contributed by atoms with Crippen LogP contribution in [-0.2, 0) is 14.8 Å². The summed E-state index contributed by atoms with van der Waals surface area (Å²) in [7, 11) is -3.99. The molecule has 0 aliphatic heterocycles. The first-order chi connectivity index (χ1) is 19.4. The zero-order chi connectivity index (χ0) is 29.9. The van der Waals surface area contributed by atoms with Crippen LogP contribution in [0.3, 0.4) is 0 Å². The Morgan fingerprint density at radius 3 is 2.24 bits per heavy atom. The average molecular weight is 583 g/mol. The fourth-order valence-corrected chi connectivity index (χ4v) is 5.50. The number of ketones is 1. The lowest BCUT2D eigenvalue weighted by Gasteiger charge is -2.14. The number of aromatic nitrogens is 1. The van der Waals surface area contributed by atoms with Crippen molar-refractivity contribution in [3.8, 4) is 11.4 Å². The van der Waals surface area contributed by atoms with Crippen molar-refractivity contribution in [2.24, 2.45) is 0 Å². The topological polar surface area (TPSA) is 104 Å². The minimum atomic E-state index is -3.99. The summed E-state index contributed by atoms with van der Waals surface area (Å²) in [5.41, 5.74) is 3.43. The van der Waals surface area contributed by atoms with Gasteiger partial charge in [0.05, 0.1) is 10.5 Å². The second-order valence-corrected chi connectivity index (χ2v) is 11.1. The fraction of sp³-hybridized carbons (Fsp3) is 0.200. The number of carbonyl (C=O) groups is 2. The highest BCUT2D eigenvalue weighted by Crippen LogP contribution is 2.25. The number of rotatable bonds is 10. The number of nitrogens with zero attached hydrogens (tertiary/aromatic N) is 1. The number of Topliss-reactive ketones (excluding diaryl/α,β-unsaturated/α-hetero) is 1. The largest absolute Gasteiger partial charge is 0.451 e. The molecule has 0 spiro atoms. The van der Waals surface area contributed by atoms with Gasteiger partial charge in [-0.15, -0.1) is 0 Å². The van der Waals surface area contributed by atoms with E-state index in [9.17, 15) is 26.8 Å². The summed E-state index contributed by atoms with van der Waals surface area (Å²) in [6.07, 6.45) is -1.18. The molecule has 3 aromatic carbocycles. The zero-order valence-corrected chi connectivity index (χ0v) is 23.5. The number of carbonyl (C=O) groups excluding carboxylic acids is 2. The van der Waals surface area contributed by atoms with Crippen LogP contribution in [0.4, 0.5) is 14.5 Å². The van der Waals surface area contributed by atoms with E-state index in [0.29, 0.717) is 28.3 Å². The van der Waals surface area contributed by atoms with Gasteiger partial charge in [-0.3, -0.25) is 9.52 Å². The first-order valence-corrected chi connectivity index (χ1v) is 14.0. The van der Waals surface area contributed by atoms with E-state index < -0.39 is 34.5 Å². The summed E-state index contributed by atoms with van der Waals surface area (Å²) in [6, 6.07) is 19.8. The van der Waals surface area contributed by atoms with Crippen molar-refractivity contribution in [1.82, 2.24) is 4.57 Å². The van der Waals surface area contributed by atoms with Gasteiger partial charge in [-0.1, -0.05) is 18.2 Å². The van der Waals surface area contributed by atoms with Crippen LogP contribution in [0.1, 0.15) is 44.6 Å². The van der Waals surface area contributed by atoms with Crippen LogP contribution < -0.4 is 9.46 Å². The van der Waals surface area contributed by atoms with Crippen LogP contribution in [0.25, 0.3) is 5.69 Å². The fourth-order valence-electron chi connectivity index (χ4n) is 4.40. The average Bonchev–Trinajstić information content (AvgIpc) is 3.21. The Bertz CT molecular complexity index is 1700. The van der Waals surface area contributed by atoms with Crippen LogP contribution in [0, 0.1) is 20.8 Å². The first-order valence-electron chi connectivity index (χ1n) is 12.5. The van der Waals surface area contributed by atoms with E-state index in [4.69, 9.17) is 4.74 Å². The number of ether oxygens (including phenoxy) is 2. The molecule has 41 heavy (non-hydrogen) atoms. The van der Waals surface area contributed by atoms with Gasteiger partial charge in [0.15, 0.2) is 6.10 Å². The quantitative estimate of drug-likeness (QED) is 0.176. The number of esters is 1. The Balaban J connectivity index is 1.49. The van der Waals surface area contributed by atoms with Gasteiger partial charge in [0.2, 0.25) is 5.78 Å². The number of hydrogen-bond acceptors (Lipinski definition) is 6. The molecule has 0 bridgehead atoms. The van der Waals surface area contributed by atoms with Crippen molar-refractivity contribution in [2.45, 2.75) is 45.3 Å². The molecule has 1 atom stereocenters. The molecule has 0 aliphatic rings. The van der Waals surface area contributed by atoms with Gasteiger partial charge < -0.3 is 14.0 Å². The van der Waals surface area contributed by atoms with Gasteiger partial charge in [0.25, 0.3) is 10.0 Å². The molecule has 8 nitrogen and oxygen atoms in total. The van der Waals surface area contributed by atoms with Crippen molar-refractivity contribution < 1.29 is 36.3 Å². The Morgan fingerprint density at radius 1 is 0.902 bits per heavy atom. The Labute approximate surface area is 236 Å². The number of aryl methyl sites for hydroxylation is 2. The Kier molecular flexibility index (Phi) is 8.57. The predicted octanol–water partition coefficient (Wildman–Crippen LogP) is 6.23. The van der Waals surface area contributed by atoms with E-state index in [2.05, 4.69) is 9.46 Å². The van der Waals surface area contributed by atoms with E-state index in [1.807, 2.05) is 13.0 Å². The number of anilines is 1. The summed E-state index contributed by atoms with van der Waals surface area (Å²) in [6.45, 7) is 3.82.